The first-order chi connectivity index (χ1) is 17.5. The Kier molecular flexibility index (Phi) is 14.6. The standard InChI is InChI=1S/C30H52N4O2/c1-6-8-9-10-11-12-21-36-30-27(35-5)22-26(29-28(30)25(7-2)17-20-33-29)34-24(4)16-14-19-32-23(3)15-13-18-31/h17,20,22-24,32,34H,6-16,18-19,21,31H2,1-5H3. The molecular formula is C30H52N4O2. The van der Waals surface area contributed by atoms with Gasteiger partial charge in [-0.05, 0) is 77.1 Å². The summed E-state index contributed by atoms with van der Waals surface area (Å²) >= 11 is 0. The topological polar surface area (TPSA) is 81.4 Å². The molecule has 6 nitrogen and oxygen atoms in total. The number of hydrogen-bond donors (Lipinski definition) is 3. The fourth-order valence-electron chi connectivity index (χ4n) is 4.72. The molecule has 0 aliphatic rings. The fourth-order valence-corrected chi connectivity index (χ4v) is 4.72. The maximum atomic E-state index is 6.37. The molecule has 0 aliphatic carbocycles. The number of methoxy groups -OCH3 is 1. The van der Waals surface area contributed by atoms with Crippen LogP contribution in [0.2, 0.25) is 0 Å². The number of unbranched alkanes of at least 4 members (excludes halogenated alkanes) is 5. The van der Waals surface area contributed by atoms with Crippen molar-refractivity contribution in [1.29, 1.82) is 0 Å². The monoisotopic (exact) mass is 500 g/mol. The number of nitrogens with zero attached hydrogens (tertiary/aromatic N) is 1. The summed E-state index contributed by atoms with van der Waals surface area (Å²) in [6.07, 6.45) is 14.7. The van der Waals surface area contributed by atoms with Crippen LogP contribution in [0.1, 0.15) is 97.5 Å². The van der Waals surface area contributed by atoms with Gasteiger partial charge in [0.25, 0.3) is 0 Å². The number of fused-ring (bicyclic) bond motifs is 1. The van der Waals surface area contributed by atoms with Crippen molar-refractivity contribution in [3.63, 3.8) is 0 Å². The Morgan fingerprint density at radius 2 is 1.72 bits per heavy atom. The molecule has 204 valence electrons. The van der Waals surface area contributed by atoms with Crippen molar-refractivity contribution in [1.82, 2.24) is 10.3 Å². The van der Waals surface area contributed by atoms with Gasteiger partial charge in [0.15, 0.2) is 11.5 Å². The first-order valence-corrected chi connectivity index (χ1v) is 14.4. The molecule has 0 radical (unpaired) electrons. The summed E-state index contributed by atoms with van der Waals surface area (Å²) in [5.74, 6) is 1.61. The summed E-state index contributed by atoms with van der Waals surface area (Å²) in [6.45, 7) is 11.4. The van der Waals surface area contributed by atoms with Gasteiger partial charge in [0, 0.05) is 24.3 Å². The van der Waals surface area contributed by atoms with Crippen molar-refractivity contribution < 1.29 is 9.47 Å². The van der Waals surface area contributed by atoms with E-state index >= 15 is 0 Å². The van der Waals surface area contributed by atoms with E-state index in [9.17, 15) is 0 Å². The van der Waals surface area contributed by atoms with E-state index in [1.807, 2.05) is 6.20 Å². The minimum absolute atomic E-state index is 0.320. The average Bonchev–Trinajstić information content (AvgIpc) is 2.89. The zero-order chi connectivity index (χ0) is 26.2. The molecule has 4 N–H and O–H groups in total. The van der Waals surface area contributed by atoms with Crippen LogP contribution >= 0.6 is 0 Å². The molecule has 2 rings (SSSR count). The van der Waals surface area contributed by atoms with Crippen LogP contribution in [-0.2, 0) is 6.42 Å². The van der Waals surface area contributed by atoms with Crippen molar-refractivity contribution in [2.45, 2.75) is 110 Å². The first kappa shape index (κ1) is 30.2. The summed E-state index contributed by atoms with van der Waals surface area (Å²) in [5, 5.41) is 8.41. The molecule has 0 fully saturated rings. The Morgan fingerprint density at radius 3 is 2.44 bits per heavy atom. The van der Waals surface area contributed by atoms with Crippen LogP contribution in [0.4, 0.5) is 5.69 Å². The van der Waals surface area contributed by atoms with Gasteiger partial charge in [-0.25, -0.2) is 0 Å². The van der Waals surface area contributed by atoms with Crippen LogP contribution in [0.15, 0.2) is 18.3 Å². The molecule has 0 saturated carbocycles. The maximum absolute atomic E-state index is 6.37. The van der Waals surface area contributed by atoms with Gasteiger partial charge in [-0.2, -0.15) is 0 Å². The van der Waals surface area contributed by atoms with Gasteiger partial charge in [0.2, 0.25) is 0 Å². The number of hydrogen-bond acceptors (Lipinski definition) is 6. The van der Waals surface area contributed by atoms with Crippen LogP contribution < -0.4 is 25.8 Å². The van der Waals surface area contributed by atoms with E-state index in [0.717, 1.165) is 79.7 Å². The second-order valence-corrected chi connectivity index (χ2v) is 10.1. The van der Waals surface area contributed by atoms with Crippen LogP contribution in [0.3, 0.4) is 0 Å². The van der Waals surface area contributed by atoms with Crippen molar-refractivity contribution in [3.05, 3.63) is 23.9 Å². The minimum atomic E-state index is 0.320. The van der Waals surface area contributed by atoms with Gasteiger partial charge in [-0.15, -0.1) is 0 Å². The minimum Gasteiger partial charge on any atom is -0.493 e. The SMILES string of the molecule is CCCCCCCCOc1c(OC)cc(NC(C)CCCNC(C)CCCN)c2nccc(CC)c12. The Labute approximate surface area is 220 Å². The smallest absolute Gasteiger partial charge is 0.170 e. The molecule has 0 spiro atoms. The molecule has 6 heteroatoms. The number of aromatic nitrogens is 1. The number of pyridine rings is 1. The highest BCUT2D eigenvalue weighted by molar-refractivity contribution is 5.99. The van der Waals surface area contributed by atoms with Gasteiger partial charge in [0.05, 0.1) is 30.3 Å². The second-order valence-electron chi connectivity index (χ2n) is 10.1. The Balaban J connectivity index is 2.08. The van der Waals surface area contributed by atoms with Crippen molar-refractivity contribution >= 4 is 16.6 Å². The molecule has 36 heavy (non-hydrogen) atoms. The number of nitrogens with two attached hydrogens (primary N) is 1. The molecule has 0 amide bonds. The third kappa shape index (κ3) is 9.78. The van der Waals surface area contributed by atoms with E-state index in [2.05, 4.69) is 50.5 Å². The molecule has 2 atom stereocenters. The third-order valence-corrected chi connectivity index (χ3v) is 6.91. The highest BCUT2D eigenvalue weighted by Gasteiger charge is 2.19. The van der Waals surface area contributed by atoms with E-state index in [1.54, 1.807) is 7.11 Å². The highest BCUT2D eigenvalue weighted by atomic mass is 16.5. The van der Waals surface area contributed by atoms with E-state index in [1.165, 1.54) is 37.7 Å². The van der Waals surface area contributed by atoms with Gasteiger partial charge in [-0.1, -0.05) is 46.0 Å². The van der Waals surface area contributed by atoms with Crippen LogP contribution in [0.5, 0.6) is 11.5 Å². The molecule has 0 bridgehead atoms. The lowest BCUT2D eigenvalue weighted by Gasteiger charge is -2.21. The Bertz CT molecular complexity index is 874. The van der Waals surface area contributed by atoms with Crippen molar-refractivity contribution in [2.75, 3.05) is 32.1 Å². The number of benzene rings is 1. The van der Waals surface area contributed by atoms with Gasteiger partial charge in [-0.3, -0.25) is 4.98 Å². The molecule has 0 saturated heterocycles. The van der Waals surface area contributed by atoms with Crippen LogP contribution in [0.25, 0.3) is 10.9 Å². The number of ether oxygens (including phenoxy) is 2. The average molecular weight is 501 g/mol. The molecular weight excluding hydrogens is 448 g/mol. The number of anilines is 1. The lowest BCUT2D eigenvalue weighted by Crippen LogP contribution is -2.28. The molecule has 1 heterocycles. The maximum Gasteiger partial charge on any atom is 0.170 e. The lowest BCUT2D eigenvalue weighted by atomic mass is 10.0. The summed E-state index contributed by atoms with van der Waals surface area (Å²) in [5.41, 5.74) is 8.84. The van der Waals surface area contributed by atoms with Crippen LogP contribution in [-0.4, -0.2) is 43.9 Å². The molecule has 0 aliphatic heterocycles. The first-order valence-electron chi connectivity index (χ1n) is 14.4. The van der Waals surface area contributed by atoms with Gasteiger partial charge in [0.1, 0.15) is 0 Å². The number of aryl methyl sites for hydroxylation is 1. The van der Waals surface area contributed by atoms with Crippen molar-refractivity contribution in [3.8, 4) is 11.5 Å². The molecule has 2 unspecified atom stereocenters. The highest BCUT2D eigenvalue weighted by Crippen LogP contribution is 2.42. The second kappa shape index (κ2) is 17.4. The zero-order valence-corrected chi connectivity index (χ0v) is 23.6. The lowest BCUT2D eigenvalue weighted by molar-refractivity contribution is 0.288. The number of nitrogens with one attached hydrogen (secondary N) is 2. The predicted molar refractivity (Wildman–Crippen MR) is 155 cm³/mol. The third-order valence-electron chi connectivity index (χ3n) is 6.91. The Morgan fingerprint density at radius 1 is 0.972 bits per heavy atom. The van der Waals surface area contributed by atoms with E-state index in [0.29, 0.717) is 18.7 Å². The van der Waals surface area contributed by atoms with E-state index in [4.69, 9.17) is 20.2 Å². The Hall–Kier alpha value is -2.05. The predicted octanol–water partition coefficient (Wildman–Crippen LogP) is 6.84. The van der Waals surface area contributed by atoms with Gasteiger partial charge >= 0.3 is 0 Å². The van der Waals surface area contributed by atoms with Gasteiger partial charge < -0.3 is 25.8 Å². The van der Waals surface area contributed by atoms with Crippen molar-refractivity contribution in [2.24, 2.45) is 5.73 Å². The molecule has 1 aromatic carbocycles. The fraction of sp³-hybridized carbons (Fsp3) is 0.700. The van der Waals surface area contributed by atoms with E-state index < -0.39 is 0 Å². The largest absolute Gasteiger partial charge is 0.493 e. The normalized spacial score (nSPS) is 13.1. The summed E-state index contributed by atoms with van der Waals surface area (Å²) in [6, 6.07) is 5.01. The summed E-state index contributed by atoms with van der Waals surface area (Å²) < 4.78 is 12.2. The zero-order valence-electron chi connectivity index (χ0n) is 23.6. The summed E-state index contributed by atoms with van der Waals surface area (Å²) in [4.78, 5) is 4.78. The van der Waals surface area contributed by atoms with E-state index in [-0.39, 0.29) is 0 Å². The summed E-state index contributed by atoms with van der Waals surface area (Å²) in [7, 11) is 1.73. The molecule has 1 aromatic heterocycles. The quantitative estimate of drug-likeness (QED) is 0.173. The molecule has 2 aromatic rings. The van der Waals surface area contributed by atoms with Crippen LogP contribution in [0, 0.1) is 0 Å². The number of rotatable bonds is 20.